The lowest BCUT2D eigenvalue weighted by Crippen LogP contribution is -2.45. The van der Waals surface area contributed by atoms with Crippen molar-refractivity contribution < 1.29 is 135 Å². The number of rotatable bonds is 95. The predicted molar refractivity (Wildman–Crippen MR) is 475 cm³/mol. The van der Waals surface area contributed by atoms with Crippen molar-refractivity contribution in [2.24, 2.45) is 28.9 Å². The topological polar surface area (TPSA) is 543 Å². The van der Waals surface area contributed by atoms with Crippen LogP contribution in [-0.4, -0.2) is 275 Å². The largest absolute Gasteiger partial charge is 0.481 e. The van der Waals surface area contributed by atoms with Crippen molar-refractivity contribution in [1.82, 2.24) is 36.6 Å². The lowest BCUT2D eigenvalue weighted by atomic mass is 9.81. The van der Waals surface area contributed by atoms with E-state index in [0.29, 0.717) is 89.2 Å². The van der Waals surface area contributed by atoms with Gasteiger partial charge in [0.05, 0.1) is 103 Å². The summed E-state index contributed by atoms with van der Waals surface area (Å²) >= 11 is 0. The Bertz CT molecular complexity index is 3290. The number of aromatic amines is 1. The zero-order valence-corrected chi connectivity index (χ0v) is 76.9. The number of H-pyrrole nitrogens is 1. The summed E-state index contributed by atoms with van der Waals surface area (Å²) in [4.78, 5) is 205. The minimum absolute atomic E-state index is 0.0395. The fraction of sp³-hybridized carbons (Fsp3) is 0.793. The van der Waals surface area contributed by atoms with Gasteiger partial charge < -0.3 is 95.6 Å². The average Bonchev–Trinajstić information content (AvgIpc) is 0.965. The maximum absolute atomic E-state index is 14.1. The Morgan fingerprint density at radius 3 is 1.19 bits per heavy atom. The van der Waals surface area contributed by atoms with Gasteiger partial charge in [-0.15, -0.1) is 0 Å². The lowest BCUT2D eigenvalue weighted by Gasteiger charge is -2.26. The number of nitrogens with two attached hydrogens (primary N) is 1. The summed E-state index contributed by atoms with van der Waals surface area (Å²) in [6, 6.07) is -1.72. The summed E-state index contributed by atoms with van der Waals surface area (Å²) in [6.07, 6.45) is 27.1. The third-order valence-corrected chi connectivity index (χ3v) is 21.6. The molecular weight excluding hydrogens is 1670 g/mol. The van der Waals surface area contributed by atoms with E-state index >= 15 is 0 Å². The molecule has 1 aromatic heterocycles. The minimum atomic E-state index is -1.14. The first-order chi connectivity index (χ1) is 61.5. The number of unbranched alkanes of at least 4 members (excludes halogenated alkanes) is 20. The van der Waals surface area contributed by atoms with Crippen molar-refractivity contribution in [2.45, 2.75) is 309 Å². The van der Waals surface area contributed by atoms with Gasteiger partial charge in [0.1, 0.15) is 55.3 Å². The molecule has 36 heteroatoms. The number of amides is 4. The van der Waals surface area contributed by atoms with Crippen molar-refractivity contribution in [2.75, 3.05) is 138 Å². The van der Waals surface area contributed by atoms with Gasteiger partial charge in [0.25, 0.3) is 0 Å². The fourth-order valence-electron chi connectivity index (χ4n) is 13.8. The van der Waals surface area contributed by atoms with Gasteiger partial charge in [-0.2, -0.15) is 0 Å². The van der Waals surface area contributed by atoms with Crippen LogP contribution in [0.25, 0.3) is 0 Å². The van der Waals surface area contributed by atoms with E-state index in [0.717, 1.165) is 103 Å². The Morgan fingerprint density at radius 1 is 0.375 bits per heavy atom. The Labute approximate surface area is 756 Å². The van der Waals surface area contributed by atoms with E-state index in [-0.39, 0.29) is 298 Å². The van der Waals surface area contributed by atoms with E-state index in [1.165, 1.54) is 13.3 Å². The highest BCUT2D eigenvalue weighted by molar-refractivity contribution is 5.95. The molecule has 0 aliphatic rings. The fourth-order valence-corrected chi connectivity index (χ4v) is 13.8. The molecule has 0 bridgehead atoms. The third kappa shape index (κ3) is 70.8. The Morgan fingerprint density at radius 2 is 0.758 bits per heavy atom. The van der Waals surface area contributed by atoms with E-state index in [2.05, 4.69) is 36.6 Å². The van der Waals surface area contributed by atoms with Gasteiger partial charge in [-0.3, -0.25) is 76.7 Å². The number of aromatic nitrogens is 2. The number of hydrogen-bond acceptors (Lipinski definition) is 27. The number of ketones is 8. The number of carbonyl (C=O) groups is 16. The molecule has 0 aliphatic carbocycles. The molecule has 0 spiro atoms. The minimum Gasteiger partial charge on any atom is -0.481 e. The van der Waals surface area contributed by atoms with Crippen LogP contribution in [0.5, 0.6) is 0 Å². The molecule has 1 rings (SSSR count). The molecule has 0 aromatic carbocycles. The van der Waals surface area contributed by atoms with E-state index < -0.39 is 59.1 Å². The summed E-state index contributed by atoms with van der Waals surface area (Å²) in [5, 5.41) is 50.8. The van der Waals surface area contributed by atoms with E-state index in [4.69, 9.17) is 53.8 Å². The molecule has 0 radical (unpaired) electrons. The normalized spacial score (nSPS) is 12.6. The highest BCUT2D eigenvalue weighted by Gasteiger charge is 2.34. The molecule has 1 heterocycles. The first-order valence-electron chi connectivity index (χ1n) is 46.7. The summed E-state index contributed by atoms with van der Waals surface area (Å²) < 4.78 is 43.7. The molecule has 732 valence electrons. The molecule has 12 N–H and O–H groups in total. The number of hydrogen-bond donors (Lipinski definition) is 11. The molecular formula is C92H156N8O28. The second-order valence-electron chi connectivity index (χ2n) is 33.6. The van der Waals surface area contributed by atoms with Crippen molar-refractivity contribution in [3.05, 3.63) is 18.2 Å². The number of Topliss-reactive ketones (excluding diaryl/α,β-unsaturated/α-hetero) is 8. The quantitative estimate of drug-likeness (QED) is 0.0271. The Kier molecular flexibility index (Phi) is 72.6. The van der Waals surface area contributed by atoms with E-state index in [1.807, 2.05) is 0 Å². The van der Waals surface area contributed by atoms with Crippen LogP contribution in [0.1, 0.15) is 296 Å². The van der Waals surface area contributed by atoms with Crippen molar-refractivity contribution in [3.63, 3.8) is 0 Å². The second kappa shape index (κ2) is 78.7. The van der Waals surface area contributed by atoms with Crippen LogP contribution in [0.3, 0.4) is 0 Å². The zero-order valence-electron chi connectivity index (χ0n) is 76.9. The first-order valence-corrected chi connectivity index (χ1v) is 46.7. The number of nitrogens with one attached hydrogen (secondary N) is 6. The summed E-state index contributed by atoms with van der Waals surface area (Å²) in [6.45, 7) is 6.70. The van der Waals surface area contributed by atoms with Gasteiger partial charge in [-0.05, 0) is 90.4 Å². The van der Waals surface area contributed by atoms with Crippen LogP contribution >= 0.6 is 0 Å². The molecule has 0 saturated heterocycles. The summed E-state index contributed by atoms with van der Waals surface area (Å²) in [7, 11) is 0. The van der Waals surface area contributed by atoms with Gasteiger partial charge in [-0.1, -0.05) is 123 Å². The molecule has 1 aromatic rings. The molecule has 0 fully saturated rings. The van der Waals surface area contributed by atoms with Gasteiger partial charge in [0, 0.05) is 146 Å². The molecule has 5 atom stereocenters. The average molecular weight is 1820 g/mol. The number of carboxylic acids is 4. The molecule has 128 heavy (non-hydrogen) atoms. The van der Waals surface area contributed by atoms with Crippen molar-refractivity contribution in [1.29, 1.82) is 0 Å². The third-order valence-electron chi connectivity index (χ3n) is 21.6. The highest BCUT2D eigenvalue weighted by atomic mass is 16.5. The van der Waals surface area contributed by atoms with Crippen LogP contribution in [-0.2, 0) is 121 Å². The summed E-state index contributed by atoms with van der Waals surface area (Å²) in [5.74, 6) is -9.24. The molecule has 0 unspecified atom stereocenters. The van der Waals surface area contributed by atoms with Crippen LogP contribution in [0.2, 0.25) is 0 Å². The number of ether oxygens (including phenoxy) is 8. The second-order valence-corrected chi connectivity index (χ2v) is 33.6. The van der Waals surface area contributed by atoms with Crippen LogP contribution in [0.4, 0.5) is 0 Å². The van der Waals surface area contributed by atoms with Crippen molar-refractivity contribution in [3.8, 4) is 0 Å². The highest BCUT2D eigenvalue weighted by Crippen LogP contribution is 2.25. The van der Waals surface area contributed by atoms with Crippen molar-refractivity contribution >= 4 is 93.8 Å². The van der Waals surface area contributed by atoms with Crippen LogP contribution in [0.15, 0.2) is 12.5 Å². The SMILES string of the molecule is CC(=O)[C@H](CCCCNC(=O)COCCOCCNC(=O)COCCOCCCC(=O)CC[C@H](CC(=O)CCCCCCCCCCCCC(=O)O)C(=O)O)CC(=O)[C@H](CCCCNC(=O)COCCOCCCC(=O)COCCOCCNC(=O)CC[C@H](CC(=O)CCCCCCCCCCCCC(=O)O)C(=O)O)NCC(=O)C(C)(C)CC(=O)[C@@H](N)Cc1cnc[nH]1. The van der Waals surface area contributed by atoms with Gasteiger partial charge in [-0.25, -0.2) is 4.98 Å². The monoisotopic (exact) mass is 1820 g/mol. The maximum atomic E-state index is 14.1. The Hall–Kier alpha value is -8.07. The molecule has 0 aliphatic heterocycles. The van der Waals surface area contributed by atoms with Gasteiger partial charge in [0.2, 0.25) is 23.6 Å². The Balaban J connectivity index is 2.33. The number of carboxylic acid groups (broad SMARTS) is 4. The molecule has 0 saturated carbocycles. The zero-order chi connectivity index (χ0) is 94.5. The van der Waals surface area contributed by atoms with Crippen LogP contribution < -0.4 is 32.3 Å². The number of aliphatic carboxylic acids is 4. The lowest BCUT2D eigenvalue weighted by molar-refractivity contribution is -0.144. The number of imidazole rings is 1. The first kappa shape index (κ1) is 118. The maximum Gasteiger partial charge on any atom is 0.306 e. The summed E-state index contributed by atoms with van der Waals surface area (Å²) in [5.41, 5.74) is 5.74. The van der Waals surface area contributed by atoms with E-state index in [9.17, 15) is 86.9 Å². The molecule has 4 amide bonds. The van der Waals surface area contributed by atoms with Gasteiger partial charge >= 0.3 is 23.9 Å². The predicted octanol–water partition coefficient (Wildman–Crippen LogP) is 9.01. The standard InChI is InChI=1S/C92H156N8O28/c1-70(101)71(30-24-26-42-95-85(110)67-128-57-53-124-49-45-98-87(112)68-127-56-50-121-46-28-33-75(102)40-38-72(90(117)118)58-76(103)31-20-16-12-8-4-6-10-14-18-22-36-88(113)114)60-81(106)80(99-64-83(108)92(2,3)62-82(107)79(93)61-74-63-94-69-100-74)35-25-27-43-96-86(111)66-126-55-51-122-47-29-34-78(105)65-125-54-52-123-48-44-97-84(109)41-39-73(91(119)120)59-77(104)32-21-17-13-9-5-7-11-15-19-23-37-89(115)116/h63,69,71-73,79-80,99H,4-62,64-68,93H2,1-3H3,(H,94,100)(H,95,110)(H,96,111)(H,97,109)(H,98,112)(H,113,114)(H,115,116)(H,117,118)(H,119,120)/t71-,72-,73-,79+,80+/m1/s1. The van der Waals surface area contributed by atoms with E-state index in [1.54, 1.807) is 20.0 Å². The van der Waals surface area contributed by atoms with Crippen LogP contribution in [0, 0.1) is 23.2 Å². The molecule has 36 nitrogen and oxygen atoms in total. The number of nitrogens with zero attached hydrogens (tertiary/aromatic N) is 1. The number of carbonyl (C=O) groups excluding carboxylic acids is 12. The van der Waals surface area contributed by atoms with Gasteiger partial charge in [0.15, 0.2) is 17.3 Å². The smallest absolute Gasteiger partial charge is 0.306 e.